The summed E-state index contributed by atoms with van der Waals surface area (Å²) >= 11 is 0. The van der Waals surface area contributed by atoms with Crippen molar-refractivity contribution < 1.29 is 9.90 Å². The fourth-order valence-electron chi connectivity index (χ4n) is 2.38. The van der Waals surface area contributed by atoms with Crippen LogP contribution in [0.4, 0.5) is 0 Å². The number of rotatable bonds is 3. The van der Waals surface area contributed by atoms with Crippen molar-refractivity contribution in [3.8, 4) is 0 Å². The normalized spacial score (nSPS) is 17.7. The van der Waals surface area contributed by atoms with E-state index in [1.165, 1.54) is 0 Å². The van der Waals surface area contributed by atoms with Crippen LogP contribution in [0.5, 0.6) is 0 Å². The molecule has 2 heteroatoms. The van der Waals surface area contributed by atoms with Crippen LogP contribution < -0.4 is 0 Å². The first-order chi connectivity index (χ1) is 8.79. The van der Waals surface area contributed by atoms with Crippen molar-refractivity contribution in [1.29, 1.82) is 0 Å². The van der Waals surface area contributed by atoms with Gasteiger partial charge in [0.2, 0.25) is 0 Å². The Labute approximate surface area is 105 Å². The molecule has 88 valence electrons. The second-order valence-electron chi connectivity index (χ2n) is 4.34. The molecule has 0 amide bonds. The van der Waals surface area contributed by atoms with E-state index in [4.69, 9.17) is 0 Å². The van der Waals surface area contributed by atoms with Crippen molar-refractivity contribution in [2.75, 3.05) is 0 Å². The third-order valence-corrected chi connectivity index (χ3v) is 3.23. The lowest BCUT2D eigenvalue weighted by atomic mass is 10.0. The maximum Gasteiger partial charge on any atom is 0.332 e. The highest BCUT2D eigenvalue weighted by molar-refractivity contribution is 6.12. The minimum absolute atomic E-state index is 0.0499. The van der Waals surface area contributed by atoms with Gasteiger partial charge in [0, 0.05) is 5.92 Å². The van der Waals surface area contributed by atoms with Crippen LogP contribution in [-0.4, -0.2) is 11.1 Å². The van der Waals surface area contributed by atoms with Crippen LogP contribution in [0.25, 0.3) is 5.57 Å². The van der Waals surface area contributed by atoms with Gasteiger partial charge in [0.25, 0.3) is 0 Å². The van der Waals surface area contributed by atoms with Gasteiger partial charge in [-0.05, 0) is 16.7 Å². The van der Waals surface area contributed by atoms with Gasteiger partial charge in [-0.15, -0.1) is 0 Å². The van der Waals surface area contributed by atoms with E-state index in [-0.39, 0.29) is 5.92 Å². The van der Waals surface area contributed by atoms with Gasteiger partial charge in [0.1, 0.15) is 0 Å². The molecule has 3 rings (SSSR count). The van der Waals surface area contributed by atoms with Crippen molar-refractivity contribution in [2.24, 2.45) is 0 Å². The zero-order valence-corrected chi connectivity index (χ0v) is 9.71. The molecule has 1 unspecified atom stereocenters. The third-order valence-electron chi connectivity index (χ3n) is 3.23. The van der Waals surface area contributed by atoms with Crippen LogP contribution in [0.15, 0.2) is 66.2 Å². The lowest BCUT2D eigenvalue weighted by Crippen LogP contribution is -1.94. The Morgan fingerprint density at radius 2 is 1.44 bits per heavy atom. The van der Waals surface area contributed by atoms with Crippen molar-refractivity contribution >= 4 is 11.5 Å². The van der Waals surface area contributed by atoms with E-state index in [9.17, 15) is 9.90 Å². The number of hydrogen-bond acceptors (Lipinski definition) is 1. The quantitative estimate of drug-likeness (QED) is 0.887. The van der Waals surface area contributed by atoms with Gasteiger partial charge in [0.15, 0.2) is 0 Å². The maximum atomic E-state index is 11.3. The molecule has 1 aliphatic rings. The van der Waals surface area contributed by atoms with E-state index in [2.05, 4.69) is 0 Å². The number of benzene rings is 2. The van der Waals surface area contributed by atoms with Gasteiger partial charge in [-0.3, -0.25) is 0 Å². The molecule has 2 aromatic rings. The lowest BCUT2D eigenvalue weighted by molar-refractivity contribution is -0.132. The molecule has 18 heavy (non-hydrogen) atoms. The van der Waals surface area contributed by atoms with Crippen LogP contribution in [0.2, 0.25) is 0 Å². The highest BCUT2D eigenvalue weighted by atomic mass is 16.4. The minimum Gasteiger partial charge on any atom is -0.478 e. The van der Waals surface area contributed by atoms with Crippen LogP contribution in [0.3, 0.4) is 0 Å². The van der Waals surface area contributed by atoms with Crippen molar-refractivity contribution in [1.82, 2.24) is 0 Å². The Hall–Kier alpha value is -2.35. The summed E-state index contributed by atoms with van der Waals surface area (Å²) in [6.45, 7) is 0. The Morgan fingerprint density at radius 1 is 0.889 bits per heavy atom. The standard InChI is InChI=1S/C16H12O2/c17-16(18)15-13(11-7-3-1-4-8-11)14(15)12-9-5-2-6-10-12/h1-10,13H,(H,17,18). The SMILES string of the molecule is O=C(O)C1=C(c2ccccc2)C1c1ccccc1. The number of aliphatic carboxylic acids is 1. The summed E-state index contributed by atoms with van der Waals surface area (Å²) in [7, 11) is 0. The van der Waals surface area contributed by atoms with Gasteiger partial charge in [-0.2, -0.15) is 0 Å². The molecular formula is C16H12O2. The maximum absolute atomic E-state index is 11.3. The number of carbonyl (C=O) groups is 1. The molecule has 1 aliphatic carbocycles. The van der Waals surface area contributed by atoms with Gasteiger partial charge in [-0.25, -0.2) is 4.79 Å². The molecule has 2 nitrogen and oxygen atoms in total. The van der Waals surface area contributed by atoms with Crippen LogP contribution >= 0.6 is 0 Å². The Bertz CT molecular complexity index is 612. The van der Waals surface area contributed by atoms with Gasteiger partial charge < -0.3 is 5.11 Å². The molecule has 0 fully saturated rings. The second-order valence-corrected chi connectivity index (χ2v) is 4.34. The first kappa shape index (κ1) is 10.8. The van der Waals surface area contributed by atoms with E-state index in [1.54, 1.807) is 0 Å². The molecule has 0 saturated carbocycles. The molecule has 1 N–H and O–H groups in total. The monoisotopic (exact) mass is 236 g/mol. The van der Waals surface area contributed by atoms with E-state index in [1.807, 2.05) is 60.7 Å². The van der Waals surface area contributed by atoms with Crippen molar-refractivity contribution in [3.63, 3.8) is 0 Å². The van der Waals surface area contributed by atoms with Gasteiger partial charge in [-0.1, -0.05) is 60.7 Å². The van der Waals surface area contributed by atoms with Crippen LogP contribution in [0, 0.1) is 0 Å². The average molecular weight is 236 g/mol. The van der Waals surface area contributed by atoms with E-state index in [0.717, 1.165) is 16.7 Å². The Balaban J connectivity index is 2.00. The molecule has 0 aliphatic heterocycles. The Kier molecular flexibility index (Phi) is 2.49. The summed E-state index contributed by atoms with van der Waals surface area (Å²) in [4.78, 5) is 11.3. The van der Waals surface area contributed by atoms with Gasteiger partial charge in [0.05, 0.1) is 5.57 Å². The fourth-order valence-corrected chi connectivity index (χ4v) is 2.38. The number of carboxylic acids is 1. The first-order valence-corrected chi connectivity index (χ1v) is 5.87. The predicted molar refractivity (Wildman–Crippen MR) is 70.2 cm³/mol. The smallest absolute Gasteiger partial charge is 0.332 e. The zero-order chi connectivity index (χ0) is 12.5. The molecule has 0 radical (unpaired) electrons. The molecule has 1 atom stereocenters. The van der Waals surface area contributed by atoms with Crippen LogP contribution in [0.1, 0.15) is 17.0 Å². The summed E-state index contributed by atoms with van der Waals surface area (Å²) in [5, 5.41) is 9.26. The molecule has 0 saturated heterocycles. The zero-order valence-electron chi connectivity index (χ0n) is 9.71. The number of carboxylic acid groups (broad SMARTS) is 1. The first-order valence-electron chi connectivity index (χ1n) is 5.87. The third kappa shape index (κ3) is 1.72. The summed E-state index contributed by atoms with van der Waals surface area (Å²) in [6.07, 6.45) is 0. The summed E-state index contributed by atoms with van der Waals surface area (Å²) in [5.41, 5.74) is 3.51. The number of allylic oxidation sites excluding steroid dienone is 1. The van der Waals surface area contributed by atoms with Crippen LogP contribution in [-0.2, 0) is 4.79 Å². The molecular weight excluding hydrogens is 224 g/mol. The highest BCUT2D eigenvalue weighted by Crippen LogP contribution is 2.53. The van der Waals surface area contributed by atoms with E-state index >= 15 is 0 Å². The lowest BCUT2D eigenvalue weighted by Gasteiger charge is -2.01. The largest absolute Gasteiger partial charge is 0.478 e. The molecule has 0 bridgehead atoms. The highest BCUT2D eigenvalue weighted by Gasteiger charge is 2.42. The minimum atomic E-state index is -0.817. The summed E-state index contributed by atoms with van der Waals surface area (Å²) in [6, 6.07) is 19.5. The number of hydrogen-bond donors (Lipinski definition) is 1. The van der Waals surface area contributed by atoms with E-state index < -0.39 is 5.97 Å². The fraction of sp³-hybridized carbons (Fsp3) is 0.0625. The predicted octanol–water partition coefficient (Wildman–Crippen LogP) is 3.32. The Morgan fingerprint density at radius 3 is 2.00 bits per heavy atom. The molecule has 0 heterocycles. The van der Waals surface area contributed by atoms with Crippen molar-refractivity contribution in [2.45, 2.75) is 5.92 Å². The molecule has 0 spiro atoms. The van der Waals surface area contributed by atoms with E-state index in [0.29, 0.717) is 5.57 Å². The second kappa shape index (κ2) is 4.15. The van der Waals surface area contributed by atoms with Crippen molar-refractivity contribution in [3.05, 3.63) is 77.4 Å². The summed E-state index contributed by atoms with van der Waals surface area (Å²) in [5.74, 6) is -0.867. The summed E-state index contributed by atoms with van der Waals surface area (Å²) < 4.78 is 0. The molecule has 0 aromatic heterocycles. The average Bonchev–Trinajstić information content (AvgIpc) is 3.16. The molecule has 2 aromatic carbocycles. The topological polar surface area (TPSA) is 37.3 Å². The van der Waals surface area contributed by atoms with Gasteiger partial charge >= 0.3 is 5.97 Å².